The molecule has 0 atom stereocenters. The van der Waals surface area contributed by atoms with Gasteiger partial charge in [0, 0.05) is 17.5 Å². The molecule has 2 aromatic rings. The van der Waals surface area contributed by atoms with Crippen molar-refractivity contribution < 1.29 is 9.63 Å². The monoisotopic (exact) mass is 374 g/mol. The Balaban J connectivity index is 1.54. The number of thioether (sulfide) groups is 1. The first kappa shape index (κ1) is 17.4. The van der Waals surface area contributed by atoms with Gasteiger partial charge in [0.05, 0.1) is 17.1 Å². The molecule has 0 aromatic heterocycles. The quantitative estimate of drug-likeness (QED) is 0.717. The molecular weight excluding hydrogens is 356 g/mol. The molecule has 0 saturated carbocycles. The molecule has 0 radical (unpaired) electrons. The number of fused-ring (bicyclic) bond motifs is 1. The molecule has 0 bridgehead atoms. The summed E-state index contributed by atoms with van der Waals surface area (Å²) in [6.07, 6.45) is 8.14. The summed E-state index contributed by atoms with van der Waals surface area (Å²) in [7, 11) is 2.06. The average molecular weight is 374 g/mol. The van der Waals surface area contributed by atoms with Gasteiger partial charge in [-0.15, -0.1) is 0 Å². The summed E-state index contributed by atoms with van der Waals surface area (Å²) >= 11 is 1.75. The number of hydrogen-bond donors (Lipinski definition) is 0. The van der Waals surface area contributed by atoms with Gasteiger partial charge in [-0.1, -0.05) is 77.6 Å². The van der Waals surface area contributed by atoms with Crippen LogP contribution < -0.4 is 4.90 Å². The van der Waals surface area contributed by atoms with E-state index in [0.29, 0.717) is 5.71 Å². The van der Waals surface area contributed by atoms with Crippen LogP contribution in [0.3, 0.4) is 0 Å². The molecule has 2 aromatic carbocycles. The largest absolute Gasteiger partial charge is 0.339 e. The number of benzene rings is 2. The Morgan fingerprint density at radius 2 is 1.78 bits per heavy atom. The molecule has 0 spiro atoms. The summed E-state index contributed by atoms with van der Waals surface area (Å²) in [5, 5.41) is 5.15. The van der Waals surface area contributed by atoms with E-state index in [9.17, 15) is 4.79 Å². The lowest BCUT2D eigenvalue weighted by molar-refractivity contribution is -0.143. The highest BCUT2D eigenvalue weighted by Gasteiger charge is 2.21. The van der Waals surface area contributed by atoms with Crippen molar-refractivity contribution in [3.8, 4) is 0 Å². The number of rotatable bonds is 3. The van der Waals surface area contributed by atoms with E-state index in [1.54, 1.807) is 11.8 Å². The molecule has 5 heteroatoms. The number of hydrogen-bond acceptors (Lipinski definition) is 5. The Bertz CT molecular complexity index is 990. The zero-order valence-corrected chi connectivity index (χ0v) is 15.6. The van der Waals surface area contributed by atoms with E-state index >= 15 is 0 Å². The minimum Gasteiger partial charge on any atom is -0.338 e. The van der Waals surface area contributed by atoms with Gasteiger partial charge in [-0.2, -0.15) is 0 Å². The second-order valence-corrected chi connectivity index (χ2v) is 7.22. The summed E-state index contributed by atoms with van der Waals surface area (Å²) < 4.78 is 0. The fourth-order valence-corrected chi connectivity index (χ4v) is 4.04. The van der Waals surface area contributed by atoms with Gasteiger partial charge in [-0.3, -0.25) is 0 Å². The highest BCUT2D eigenvalue weighted by molar-refractivity contribution is 8.03. The van der Waals surface area contributed by atoms with Gasteiger partial charge in [0.15, 0.2) is 0 Å². The minimum absolute atomic E-state index is 0.217. The molecule has 0 saturated heterocycles. The van der Waals surface area contributed by atoms with E-state index < -0.39 is 0 Å². The molecule has 0 unspecified atom stereocenters. The summed E-state index contributed by atoms with van der Waals surface area (Å²) in [4.78, 5) is 19.9. The lowest BCUT2D eigenvalue weighted by Gasteiger charge is -2.14. The van der Waals surface area contributed by atoms with Crippen molar-refractivity contribution in [2.75, 3.05) is 11.9 Å². The third-order valence-corrected chi connectivity index (χ3v) is 5.53. The first-order valence-electron chi connectivity index (χ1n) is 8.64. The van der Waals surface area contributed by atoms with Crippen LogP contribution in [0.4, 0.5) is 5.69 Å². The molecule has 2 heterocycles. The molecule has 4 rings (SSSR count). The Hall–Kier alpha value is -3.05. The average Bonchev–Trinajstić information content (AvgIpc) is 3.02. The molecule has 0 N–H and O–H groups in total. The van der Waals surface area contributed by atoms with Crippen LogP contribution in [0.2, 0.25) is 0 Å². The zero-order valence-electron chi connectivity index (χ0n) is 14.8. The molecule has 0 amide bonds. The number of para-hydroxylation sites is 1. The summed E-state index contributed by atoms with van der Waals surface area (Å²) in [5.41, 5.74) is 3.70. The summed E-state index contributed by atoms with van der Waals surface area (Å²) in [6, 6.07) is 18.1. The summed E-state index contributed by atoms with van der Waals surface area (Å²) in [6.45, 7) is 0. The Kier molecular flexibility index (Phi) is 4.94. The van der Waals surface area contributed by atoms with Gasteiger partial charge in [0.2, 0.25) is 0 Å². The standard InChI is InChI=1S/C22H18N2O2S/c1-24-18-12-6-7-13-19(18)27-20(24)14-8-5-11-17-15-21(25)26-23-22(17)16-9-3-2-4-10-16/h2-14H,15H2,1H3/b8-5+,17-11-,20-14-. The van der Waals surface area contributed by atoms with Crippen molar-refractivity contribution in [3.63, 3.8) is 0 Å². The van der Waals surface area contributed by atoms with Crippen LogP contribution in [0.1, 0.15) is 12.0 Å². The minimum atomic E-state index is -0.339. The third kappa shape index (κ3) is 3.73. The Labute approximate surface area is 162 Å². The van der Waals surface area contributed by atoms with Crippen LogP contribution in [0, 0.1) is 0 Å². The van der Waals surface area contributed by atoms with Crippen molar-refractivity contribution in [2.45, 2.75) is 11.3 Å². The lowest BCUT2D eigenvalue weighted by Crippen LogP contribution is -2.17. The first-order valence-corrected chi connectivity index (χ1v) is 9.46. The van der Waals surface area contributed by atoms with Gasteiger partial charge in [-0.05, 0) is 23.8 Å². The van der Waals surface area contributed by atoms with E-state index in [1.165, 1.54) is 10.6 Å². The lowest BCUT2D eigenvalue weighted by atomic mass is 9.99. The number of allylic oxidation sites excluding steroid dienone is 4. The predicted octanol–water partition coefficient (Wildman–Crippen LogP) is 4.90. The highest BCUT2D eigenvalue weighted by Crippen LogP contribution is 2.44. The zero-order chi connectivity index (χ0) is 18.6. The van der Waals surface area contributed by atoms with Crippen LogP contribution in [0.25, 0.3) is 0 Å². The molecule has 134 valence electrons. The van der Waals surface area contributed by atoms with Crippen LogP contribution in [0.15, 0.2) is 99.6 Å². The van der Waals surface area contributed by atoms with Crippen LogP contribution in [-0.2, 0) is 9.63 Å². The predicted molar refractivity (Wildman–Crippen MR) is 110 cm³/mol. The molecule has 27 heavy (non-hydrogen) atoms. The van der Waals surface area contributed by atoms with Gasteiger partial charge < -0.3 is 9.74 Å². The summed E-state index contributed by atoms with van der Waals surface area (Å²) in [5.74, 6) is -0.339. The third-order valence-electron chi connectivity index (χ3n) is 4.34. The van der Waals surface area contributed by atoms with E-state index in [1.807, 2.05) is 54.6 Å². The number of carbonyl (C=O) groups is 1. The van der Waals surface area contributed by atoms with Crippen LogP contribution in [0.5, 0.6) is 0 Å². The normalized spacial score (nSPS) is 19.5. The van der Waals surface area contributed by atoms with Gasteiger partial charge in [0.25, 0.3) is 0 Å². The van der Waals surface area contributed by atoms with Crippen molar-refractivity contribution in [1.29, 1.82) is 0 Å². The number of carbonyl (C=O) groups excluding carboxylic acids is 1. The van der Waals surface area contributed by atoms with Crippen molar-refractivity contribution in [2.24, 2.45) is 5.16 Å². The van der Waals surface area contributed by atoms with Crippen LogP contribution in [-0.4, -0.2) is 18.7 Å². The van der Waals surface area contributed by atoms with Crippen LogP contribution >= 0.6 is 11.8 Å². The number of nitrogens with zero attached hydrogens (tertiary/aromatic N) is 2. The SMILES string of the molecule is CN1/C(=C/C=C/C=C2/CC(=O)ON=C2c2ccccc2)Sc2ccccc21. The first-order chi connectivity index (χ1) is 13.2. The fraction of sp³-hybridized carbons (Fsp3) is 0.0909. The topological polar surface area (TPSA) is 41.9 Å². The molecule has 4 nitrogen and oxygen atoms in total. The fourth-order valence-electron chi connectivity index (χ4n) is 2.97. The maximum Gasteiger partial charge on any atom is 0.339 e. The van der Waals surface area contributed by atoms with E-state index in [2.05, 4.69) is 41.4 Å². The van der Waals surface area contributed by atoms with Crippen molar-refractivity contribution in [3.05, 3.63) is 95.1 Å². The molecule has 2 aliphatic rings. The molecule has 0 aliphatic carbocycles. The number of oxime groups is 1. The Morgan fingerprint density at radius 3 is 2.59 bits per heavy atom. The molecule has 0 fully saturated rings. The Morgan fingerprint density at radius 1 is 1.04 bits per heavy atom. The van der Waals surface area contributed by atoms with Gasteiger partial charge >= 0.3 is 5.97 Å². The molecular formula is C22H18N2O2S. The second-order valence-electron chi connectivity index (χ2n) is 6.16. The second kappa shape index (κ2) is 7.68. The maximum atomic E-state index is 11.6. The highest BCUT2D eigenvalue weighted by atomic mass is 32.2. The molecule has 2 aliphatic heterocycles. The van der Waals surface area contributed by atoms with Crippen molar-refractivity contribution >= 4 is 29.1 Å². The smallest absolute Gasteiger partial charge is 0.338 e. The number of anilines is 1. The van der Waals surface area contributed by atoms with Gasteiger partial charge in [-0.25, -0.2) is 4.79 Å². The van der Waals surface area contributed by atoms with Crippen molar-refractivity contribution in [1.82, 2.24) is 0 Å². The van der Waals surface area contributed by atoms with Gasteiger partial charge in [0.1, 0.15) is 5.71 Å². The van der Waals surface area contributed by atoms with E-state index in [0.717, 1.165) is 16.2 Å². The maximum absolute atomic E-state index is 11.6. The van der Waals surface area contributed by atoms with E-state index in [4.69, 9.17) is 4.84 Å². The van der Waals surface area contributed by atoms with E-state index in [-0.39, 0.29) is 12.4 Å².